The predicted molar refractivity (Wildman–Crippen MR) is 41.3 cm³/mol. The van der Waals surface area contributed by atoms with Crippen molar-refractivity contribution >= 4 is 0 Å². The Bertz CT molecular complexity index is 69.3. The molecule has 0 fully saturated rings. The Morgan fingerprint density at radius 3 is 2.11 bits per heavy atom. The normalized spacial score (nSPS) is 8.22. The van der Waals surface area contributed by atoms with Crippen LogP contribution in [0.15, 0.2) is 25.0 Å². The van der Waals surface area contributed by atoms with E-state index in [4.69, 9.17) is 10.8 Å². The largest absolute Gasteiger partial charge is 0.516 e. The molecule has 0 amide bonds. The first-order valence-corrected chi connectivity index (χ1v) is 2.93. The smallest absolute Gasteiger partial charge is 0.0764 e. The number of allylic oxidation sites excluding steroid dienone is 1. The third-order valence-electron chi connectivity index (χ3n) is 0.530. The minimum absolute atomic E-state index is 0.413. The Hall–Kier alpha value is -0.760. The molecule has 0 saturated heterocycles. The summed E-state index contributed by atoms with van der Waals surface area (Å²) in [6, 6.07) is 0. The Kier molecular flexibility index (Phi) is 19.3. The molecule has 0 bridgehead atoms. The second-order valence-corrected chi connectivity index (χ2v) is 1.32. The maximum atomic E-state index is 7.81. The Labute approximate surface area is 56.7 Å². The summed E-state index contributed by atoms with van der Waals surface area (Å²) in [5.74, 6) is 0. The molecule has 2 nitrogen and oxygen atoms in total. The first-order chi connectivity index (χ1) is 4.33. The minimum atomic E-state index is 0.413. The lowest BCUT2D eigenvalue weighted by Gasteiger charge is -1.67. The van der Waals surface area contributed by atoms with Crippen LogP contribution in [0.4, 0.5) is 0 Å². The fourth-order valence-electron chi connectivity index (χ4n) is 0.0609. The number of rotatable bonds is 2. The zero-order valence-electron chi connectivity index (χ0n) is 5.88. The lowest BCUT2D eigenvalue weighted by Crippen LogP contribution is -1.91. The standard InChI is InChI=1S/C4H8.C3H7NO/c1-3-4-2;4-2-1-3-5/h3H,1,4H2,2H3;1,3,5H,2,4H2. The molecule has 0 radical (unpaired) electrons. The highest BCUT2D eigenvalue weighted by atomic mass is 16.2. The molecule has 3 N–H and O–H groups in total. The van der Waals surface area contributed by atoms with Crippen molar-refractivity contribution in [3.63, 3.8) is 0 Å². The lowest BCUT2D eigenvalue weighted by molar-refractivity contribution is 0.472. The van der Waals surface area contributed by atoms with Crippen LogP contribution in [0.3, 0.4) is 0 Å². The molecule has 54 valence electrons. The highest BCUT2D eigenvalue weighted by Crippen LogP contribution is 1.66. The van der Waals surface area contributed by atoms with Gasteiger partial charge in [-0.05, 0) is 12.5 Å². The molecule has 9 heavy (non-hydrogen) atoms. The van der Waals surface area contributed by atoms with E-state index in [9.17, 15) is 0 Å². The Morgan fingerprint density at radius 1 is 1.67 bits per heavy atom. The molecule has 0 aliphatic rings. The molecule has 0 heterocycles. The Balaban J connectivity index is 0. The van der Waals surface area contributed by atoms with Crippen LogP contribution in [-0.2, 0) is 0 Å². The van der Waals surface area contributed by atoms with E-state index in [2.05, 4.69) is 13.5 Å². The van der Waals surface area contributed by atoms with Crippen LogP contribution in [0, 0.1) is 0 Å². The lowest BCUT2D eigenvalue weighted by atomic mass is 10.5. The third-order valence-corrected chi connectivity index (χ3v) is 0.530. The number of hydrogen-bond donors (Lipinski definition) is 2. The summed E-state index contributed by atoms with van der Waals surface area (Å²) in [5.41, 5.74) is 4.89. The number of hydrogen-bond acceptors (Lipinski definition) is 2. The van der Waals surface area contributed by atoms with Crippen molar-refractivity contribution in [3.8, 4) is 0 Å². The van der Waals surface area contributed by atoms with Gasteiger partial charge in [-0.25, -0.2) is 0 Å². The first-order valence-electron chi connectivity index (χ1n) is 2.93. The van der Waals surface area contributed by atoms with Gasteiger partial charge in [-0.15, -0.1) is 6.58 Å². The molecule has 0 unspecified atom stereocenters. The van der Waals surface area contributed by atoms with E-state index in [-0.39, 0.29) is 0 Å². The summed E-state index contributed by atoms with van der Waals surface area (Å²) in [5, 5.41) is 7.81. The summed E-state index contributed by atoms with van der Waals surface area (Å²) in [6.07, 6.45) is 5.35. The monoisotopic (exact) mass is 129 g/mol. The van der Waals surface area contributed by atoms with E-state index in [1.807, 2.05) is 6.08 Å². The summed E-state index contributed by atoms with van der Waals surface area (Å²) in [6.45, 7) is 5.95. The second-order valence-electron chi connectivity index (χ2n) is 1.32. The van der Waals surface area contributed by atoms with Gasteiger partial charge in [0.05, 0.1) is 6.26 Å². The molecule has 0 spiro atoms. The maximum absolute atomic E-state index is 7.81. The fraction of sp³-hybridized carbons (Fsp3) is 0.429. The quantitative estimate of drug-likeness (QED) is 0.439. The van der Waals surface area contributed by atoms with Crippen LogP contribution in [0.25, 0.3) is 0 Å². The molecule has 0 aromatic heterocycles. The zero-order valence-corrected chi connectivity index (χ0v) is 5.88. The van der Waals surface area contributed by atoms with Crippen molar-refractivity contribution in [2.24, 2.45) is 5.73 Å². The first kappa shape index (κ1) is 11.1. The van der Waals surface area contributed by atoms with Crippen LogP contribution < -0.4 is 5.73 Å². The molecule has 0 saturated carbocycles. The van der Waals surface area contributed by atoms with Gasteiger partial charge in [0.2, 0.25) is 0 Å². The van der Waals surface area contributed by atoms with Crippen molar-refractivity contribution in [1.82, 2.24) is 0 Å². The van der Waals surface area contributed by atoms with Crippen molar-refractivity contribution in [3.05, 3.63) is 25.0 Å². The van der Waals surface area contributed by atoms with Gasteiger partial charge in [0.1, 0.15) is 0 Å². The molecule has 0 aromatic carbocycles. The van der Waals surface area contributed by atoms with Gasteiger partial charge < -0.3 is 10.8 Å². The van der Waals surface area contributed by atoms with Crippen LogP contribution in [0.1, 0.15) is 13.3 Å². The van der Waals surface area contributed by atoms with Gasteiger partial charge in [-0.3, -0.25) is 0 Å². The topological polar surface area (TPSA) is 46.2 Å². The third kappa shape index (κ3) is 39.6. The van der Waals surface area contributed by atoms with Gasteiger partial charge in [-0.1, -0.05) is 13.0 Å². The van der Waals surface area contributed by atoms with Crippen molar-refractivity contribution in [2.75, 3.05) is 6.54 Å². The van der Waals surface area contributed by atoms with E-state index in [0.717, 1.165) is 12.7 Å². The molecular weight excluding hydrogens is 114 g/mol. The summed E-state index contributed by atoms with van der Waals surface area (Å²) in [7, 11) is 0. The average Bonchev–Trinajstić information content (AvgIpc) is 1.91. The number of nitrogens with two attached hydrogens (primary N) is 1. The van der Waals surface area contributed by atoms with E-state index in [1.165, 1.54) is 6.08 Å². The highest BCUT2D eigenvalue weighted by molar-refractivity contribution is 4.70. The minimum Gasteiger partial charge on any atom is -0.516 e. The van der Waals surface area contributed by atoms with Crippen molar-refractivity contribution in [2.45, 2.75) is 13.3 Å². The summed E-state index contributed by atoms with van der Waals surface area (Å²) < 4.78 is 0. The summed E-state index contributed by atoms with van der Waals surface area (Å²) >= 11 is 0. The van der Waals surface area contributed by atoms with Crippen LogP contribution in [0.5, 0.6) is 0 Å². The van der Waals surface area contributed by atoms with Gasteiger partial charge >= 0.3 is 0 Å². The van der Waals surface area contributed by atoms with Crippen LogP contribution in [0.2, 0.25) is 0 Å². The predicted octanol–water partition coefficient (Wildman–Crippen LogP) is 1.60. The van der Waals surface area contributed by atoms with Gasteiger partial charge in [0.25, 0.3) is 0 Å². The number of aliphatic hydroxyl groups excluding tert-OH is 1. The maximum Gasteiger partial charge on any atom is 0.0764 e. The van der Waals surface area contributed by atoms with Gasteiger partial charge in [-0.2, -0.15) is 0 Å². The molecule has 0 aliphatic carbocycles. The van der Waals surface area contributed by atoms with E-state index < -0.39 is 0 Å². The average molecular weight is 129 g/mol. The molecule has 2 heteroatoms. The fourth-order valence-corrected chi connectivity index (χ4v) is 0.0609. The van der Waals surface area contributed by atoms with Gasteiger partial charge in [0, 0.05) is 6.54 Å². The molecule has 0 rings (SSSR count). The molecule has 0 aliphatic heterocycles. The van der Waals surface area contributed by atoms with Crippen LogP contribution in [-0.4, -0.2) is 11.7 Å². The van der Waals surface area contributed by atoms with Crippen LogP contribution >= 0.6 is 0 Å². The van der Waals surface area contributed by atoms with E-state index in [0.29, 0.717) is 6.54 Å². The zero-order chi connectivity index (χ0) is 7.54. The number of aliphatic hydroxyl groups is 1. The SMILES string of the molecule is C=CCC.NCC=CO. The molecule has 0 aromatic rings. The van der Waals surface area contributed by atoms with E-state index in [1.54, 1.807) is 0 Å². The van der Waals surface area contributed by atoms with Gasteiger partial charge in [0.15, 0.2) is 0 Å². The Morgan fingerprint density at radius 2 is 2.11 bits per heavy atom. The summed E-state index contributed by atoms with van der Waals surface area (Å²) in [4.78, 5) is 0. The van der Waals surface area contributed by atoms with Crippen molar-refractivity contribution in [1.29, 1.82) is 0 Å². The highest BCUT2D eigenvalue weighted by Gasteiger charge is 1.52. The van der Waals surface area contributed by atoms with Crippen molar-refractivity contribution < 1.29 is 5.11 Å². The second kappa shape index (κ2) is 15.7. The molecular formula is C7H15NO. The molecule has 0 atom stereocenters. The van der Waals surface area contributed by atoms with E-state index >= 15 is 0 Å².